The molecular formula is C10H17N3O2S. The Labute approximate surface area is 96.3 Å². The maximum absolute atomic E-state index is 11.3. The molecule has 0 unspecified atom stereocenters. The van der Waals surface area contributed by atoms with Crippen LogP contribution in [0.5, 0.6) is 0 Å². The first-order valence-electron chi connectivity index (χ1n) is 5.17. The SMILES string of the molecule is CCNS(=O)(=O)CCNc1ccncc1C. The minimum Gasteiger partial charge on any atom is -0.384 e. The van der Waals surface area contributed by atoms with Crippen molar-refractivity contribution in [3.8, 4) is 0 Å². The first kappa shape index (κ1) is 12.9. The van der Waals surface area contributed by atoms with Crippen LogP contribution in [0.25, 0.3) is 0 Å². The fourth-order valence-corrected chi connectivity index (χ4v) is 2.24. The van der Waals surface area contributed by atoms with Gasteiger partial charge in [-0.1, -0.05) is 6.92 Å². The van der Waals surface area contributed by atoms with E-state index in [1.165, 1.54) is 0 Å². The summed E-state index contributed by atoms with van der Waals surface area (Å²) in [6, 6.07) is 1.83. The molecule has 0 aromatic carbocycles. The van der Waals surface area contributed by atoms with E-state index in [1.54, 1.807) is 19.3 Å². The monoisotopic (exact) mass is 243 g/mol. The molecule has 90 valence electrons. The third kappa shape index (κ3) is 4.16. The highest BCUT2D eigenvalue weighted by molar-refractivity contribution is 7.89. The van der Waals surface area contributed by atoms with E-state index >= 15 is 0 Å². The average molecular weight is 243 g/mol. The van der Waals surface area contributed by atoms with Gasteiger partial charge in [0.2, 0.25) is 10.0 Å². The van der Waals surface area contributed by atoms with Crippen LogP contribution in [0.1, 0.15) is 12.5 Å². The molecule has 0 atom stereocenters. The lowest BCUT2D eigenvalue weighted by Crippen LogP contribution is -2.29. The van der Waals surface area contributed by atoms with E-state index in [4.69, 9.17) is 0 Å². The van der Waals surface area contributed by atoms with E-state index in [0.29, 0.717) is 13.1 Å². The standard InChI is InChI=1S/C10H17N3O2S/c1-3-13-16(14,15)7-6-12-10-4-5-11-8-9(10)2/h4-5,8,13H,3,6-7H2,1-2H3,(H,11,12). The van der Waals surface area contributed by atoms with Gasteiger partial charge < -0.3 is 5.32 Å². The lowest BCUT2D eigenvalue weighted by Gasteiger charge is -2.09. The molecule has 0 radical (unpaired) electrons. The molecular weight excluding hydrogens is 226 g/mol. The van der Waals surface area contributed by atoms with E-state index in [2.05, 4.69) is 15.0 Å². The summed E-state index contributed by atoms with van der Waals surface area (Å²) < 4.78 is 25.1. The number of aromatic nitrogens is 1. The number of aryl methyl sites for hydroxylation is 1. The minimum absolute atomic E-state index is 0.0720. The normalized spacial score (nSPS) is 11.4. The van der Waals surface area contributed by atoms with Crippen molar-refractivity contribution in [1.82, 2.24) is 9.71 Å². The Hall–Kier alpha value is -1.14. The second-order valence-corrected chi connectivity index (χ2v) is 5.36. The number of hydrogen-bond donors (Lipinski definition) is 2. The summed E-state index contributed by atoms with van der Waals surface area (Å²) in [5, 5.41) is 3.07. The lowest BCUT2D eigenvalue weighted by atomic mass is 10.2. The molecule has 6 heteroatoms. The first-order valence-corrected chi connectivity index (χ1v) is 6.82. The molecule has 0 amide bonds. The van der Waals surface area contributed by atoms with Gasteiger partial charge in [-0.15, -0.1) is 0 Å². The molecule has 0 saturated heterocycles. The molecule has 0 saturated carbocycles. The predicted octanol–water partition coefficient (Wildman–Crippen LogP) is 0.741. The van der Waals surface area contributed by atoms with Crippen molar-refractivity contribution in [2.45, 2.75) is 13.8 Å². The summed E-state index contributed by atoms with van der Waals surface area (Å²) in [5.41, 5.74) is 1.92. The number of hydrogen-bond acceptors (Lipinski definition) is 4. The van der Waals surface area contributed by atoms with Crippen molar-refractivity contribution in [3.05, 3.63) is 24.0 Å². The van der Waals surface area contributed by atoms with Crippen LogP contribution in [0.15, 0.2) is 18.5 Å². The molecule has 1 aromatic rings. The second kappa shape index (κ2) is 5.81. The van der Waals surface area contributed by atoms with Crippen molar-refractivity contribution in [3.63, 3.8) is 0 Å². The van der Waals surface area contributed by atoms with E-state index in [-0.39, 0.29) is 5.75 Å². The topological polar surface area (TPSA) is 71.1 Å². The Balaban J connectivity index is 2.45. The van der Waals surface area contributed by atoms with Gasteiger partial charge in [-0.25, -0.2) is 13.1 Å². The maximum Gasteiger partial charge on any atom is 0.213 e. The zero-order valence-electron chi connectivity index (χ0n) is 9.53. The summed E-state index contributed by atoms with van der Waals surface area (Å²) in [6.45, 7) is 4.50. The lowest BCUT2D eigenvalue weighted by molar-refractivity contribution is 0.584. The van der Waals surface area contributed by atoms with Crippen molar-refractivity contribution in [1.29, 1.82) is 0 Å². The average Bonchev–Trinajstić information content (AvgIpc) is 2.20. The van der Waals surface area contributed by atoms with Crippen LogP contribution in [0.3, 0.4) is 0 Å². The van der Waals surface area contributed by atoms with Crippen LogP contribution in [-0.2, 0) is 10.0 Å². The van der Waals surface area contributed by atoms with Crippen LogP contribution in [0.2, 0.25) is 0 Å². The van der Waals surface area contributed by atoms with Crippen LogP contribution in [0, 0.1) is 6.92 Å². The third-order valence-electron chi connectivity index (χ3n) is 2.07. The van der Waals surface area contributed by atoms with E-state index in [9.17, 15) is 8.42 Å². The second-order valence-electron chi connectivity index (χ2n) is 3.43. The zero-order chi connectivity index (χ0) is 12.0. The molecule has 0 bridgehead atoms. The van der Waals surface area contributed by atoms with Gasteiger partial charge in [-0.05, 0) is 18.6 Å². The fraction of sp³-hybridized carbons (Fsp3) is 0.500. The molecule has 5 nitrogen and oxygen atoms in total. The molecule has 16 heavy (non-hydrogen) atoms. The van der Waals surface area contributed by atoms with E-state index < -0.39 is 10.0 Å². The smallest absolute Gasteiger partial charge is 0.213 e. The van der Waals surface area contributed by atoms with Crippen LogP contribution in [-0.4, -0.2) is 32.2 Å². The van der Waals surface area contributed by atoms with Gasteiger partial charge in [0.1, 0.15) is 0 Å². The summed E-state index contributed by atoms with van der Waals surface area (Å²) in [6.07, 6.45) is 3.41. The first-order chi connectivity index (χ1) is 7.55. The van der Waals surface area contributed by atoms with Crippen LogP contribution in [0.4, 0.5) is 5.69 Å². The predicted molar refractivity (Wildman–Crippen MR) is 64.9 cm³/mol. The van der Waals surface area contributed by atoms with Gasteiger partial charge in [0.25, 0.3) is 0 Å². The molecule has 0 aliphatic carbocycles. The van der Waals surface area contributed by atoms with Gasteiger partial charge in [0.15, 0.2) is 0 Å². The fourth-order valence-electron chi connectivity index (χ4n) is 1.28. The Morgan fingerprint density at radius 1 is 1.44 bits per heavy atom. The third-order valence-corrected chi connectivity index (χ3v) is 3.54. The van der Waals surface area contributed by atoms with Gasteiger partial charge >= 0.3 is 0 Å². The largest absolute Gasteiger partial charge is 0.384 e. The Morgan fingerprint density at radius 3 is 2.81 bits per heavy atom. The molecule has 0 fully saturated rings. The molecule has 1 rings (SSSR count). The molecule has 2 N–H and O–H groups in total. The summed E-state index contributed by atoms with van der Waals surface area (Å²) >= 11 is 0. The van der Waals surface area contributed by atoms with Crippen LogP contribution < -0.4 is 10.0 Å². The van der Waals surface area contributed by atoms with Gasteiger partial charge in [0.05, 0.1) is 5.75 Å². The Morgan fingerprint density at radius 2 is 2.19 bits per heavy atom. The highest BCUT2D eigenvalue weighted by atomic mass is 32.2. The van der Waals surface area contributed by atoms with Gasteiger partial charge in [0, 0.05) is 31.2 Å². The number of pyridine rings is 1. The van der Waals surface area contributed by atoms with Crippen molar-refractivity contribution in [2.24, 2.45) is 0 Å². The molecule has 1 aromatic heterocycles. The number of nitrogens with one attached hydrogen (secondary N) is 2. The van der Waals surface area contributed by atoms with Gasteiger partial charge in [-0.2, -0.15) is 0 Å². The van der Waals surface area contributed by atoms with Crippen molar-refractivity contribution >= 4 is 15.7 Å². The van der Waals surface area contributed by atoms with Crippen LogP contribution >= 0.6 is 0 Å². The van der Waals surface area contributed by atoms with E-state index in [1.807, 2.05) is 13.0 Å². The quantitative estimate of drug-likeness (QED) is 0.773. The summed E-state index contributed by atoms with van der Waals surface area (Å²) in [4.78, 5) is 3.96. The summed E-state index contributed by atoms with van der Waals surface area (Å²) in [7, 11) is -3.14. The summed E-state index contributed by atoms with van der Waals surface area (Å²) in [5.74, 6) is 0.0720. The molecule has 0 aliphatic heterocycles. The number of nitrogens with zero attached hydrogens (tertiary/aromatic N) is 1. The van der Waals surface area contributed by atoms with Crippen molar-refractivity contribution in [2.75, 3.05) is 24.2 Å². The van der Waals surface area contributed by atoms with Crippen molar-refractivity contribution < 1.29 is 8.42 Å². The molecule has 0 aliphatic rings. The Kier molecular flexibility index (Phi) is 4.70. The highest BCUT2D eigenvalue weighted by Gasteiger charge is 2.07. The number of sulfonamides is 1. The number of anilines is 1. The Bertz CT molecular complexity index is 431. The van der Waals surface area contributed by atoms with Gasteiger partial charge in [-0.3, -0.25) is 4.98 Å². The molecule has 0 spiro atoms. The minimum atomic E-state index is -3.14. The zero-order valence-corrected chi connectivity index (χ0v) is 10.3. The number of rotatable bonds is 6. The highest BCUT2D eigenvalue weighted by Crippen LogP contribution is 2.10. The van der Waals surface area contributed by atoms with E-state index in [0.717, 1.165) is 11.3 Å². The maximum atomic E-state index is 11.3. The molecule has 1 heterocycles.